The molecule has 1 saturated carbocycles. The Balaban J connectivity index is 2.61. The zero-order valence-electron chi connectivity index (χ0n) is 8.20. The molecule has 0 radical (unpaired) electrons. The van der Waals surface area contributed by atoms with Crippen LogP contribution >= 0.6 is 0 Å². The number of nitrogens with two attached hydrogens (primary N) is 1. The van der Waals surface area contributed by atoms with Crippen molar-refractivity contribution in [1.29, 1.82) is 0 Å². The van der Waals surface area contributed by atoms with E-state index in [1.54, 1.807) is 0 Å². The molecule has 1 aliphatic carbocycles. The largest absolute Gasteiger partial charge is 0.481 e. The summed E-state index contributed by atoms with van der Waals surface area (Å²) in [6, 6.07) is 0.0707. The normalized spacial score (nSPS) is 31.2. The number of carbonyl (C=O) groups is 1. The average molecular weight is 185 g/mol. The van der Waals surface area contributed by atoms with Gasteiger partial charge in [-0.25, -0.2) is 0 Å². The maximum atomic E-state index is 10.9. The van der Waals surface area contributed by atoms with Gasteiger partial charge in [-0.05, 0) is 25.2 Å². The molecule has 0 unspecified atom stereocenters. The van der Waals surface area contributed by atoms with E-state index in [9.17, 15) is 4.79 Å². The first-order valence-electron chi connectivity index (χ1n) is 5.15. The van der Waals surface area contributed by atoms with Crippen molar-refractivity contribution < 1.29 is 9.90 Å². The third-order valence-corrected chi connectivity index (χ3v) is 3.16. The van der Waals surface area contributed by atoms with Crippen LogP contribution in [0.4, 0.5) is 0 Å². The van der Waals surface area contributed by atoms with Gasteiger partial charge in [0.05, 0.1) is 5.92 Å². The Labute approximate surface area is 79.3 Å². The summed E-state index contributed by atoms with van der Waals surface area (Å²) in [5.41, 5.74) is 5.91. The summed E-state index contributed by atoms with van der Waals surface area (Å²) in [7, 11) is 0. The molecule has 0 aromatic carbocycles. The summed E-state index contributed by atoms with van der Waals surface area (Å²) < 4.78 is 0. The van der Waals surface area contributed by atoms with Gasteiger partial charge in [0.25, 0.3) is 0 Å². The molecule has 3 nitrogen and oxygen atoms in total. The summed E-state index contributed by atoms with van der Waals surface area (Å²) in [6.45, 7) is 2.03. The predicted molar refractivity (Wildman–Crippen MR) is 51.4 cm³/mol. The minimum absolute atomic E-state index is 0.0707. The zero-order valence-corrected chi connectivity index (χ0v) is 8.20. The van der Waals surface area contributed by atoms with Crippen LogP contribution in [0.25, 0.3) is 0 Å². The fourth-order valence-electron chi connectivity index (χ4n) is 2.28. The molecule has 0 aliphatic heterocycles. The lowest BCUT2D eigenvalue weighted by Crippen LogP contribution is -2.39. The Bertz CT molecular complexity index is 182. The SMILES string of the molecule is CC[C@H](N)[C@@H]1CCCC[C@H]1C(=O)O. The molecule has 0 heterocycles. The molecule has 0 aromatic heterocycles. The Kier molecular flexibility index (Phi) is 3.72. The molecule has 13 heavy (non-hydrogen) atoms. The lowest BCUT2D eigenvalue weighted by Gasteiger charge is -2.32. The van der Waals surface area contributed by atoms with Crippen molar-refractivity contribution in [2.24, 2.45) is 17.6 Å². The molecule has 3 N–H and O–H groups in total. The molecule has 1 aliphatic rings. The lowest BCUT2D eigenvalue weighted by molar-refractivity contribution is -0.145. The topological polar surface area (TPSA) is 63.3 Å². The lowest BCUT2D eigenvalue weighted by atomic mass is 9.75. The van der Waals surface area contributed by atoms with Gasteiger partial charge in [0.2, 0.25) is 0 Å². The first-order valence-corrected chi connectivity index (χ1v) is 5.15. The first kappa shape index (κ1) is 10.5. The van der Waals surface area contributed by atoms with Crippen LogP contribution in [0.5, 0.6) is 0 Å². The maximum Gasteiger partial charge on any atom is 0.306 e. The second kappa shape index (κ2) is 4.61. The van der Waals surface area contributed by atoms with Crippen LogP contribution in [0.3, 0.4) is 0 Å². The minimum Gasteiger partial charge on any atom is -0.481 e. The van der Waals surface area contributed by atoms with E-state index in [-0.39, 0.29) is 17.9 Å². The van der Waals surface area contributed by atoms with Crippen LogP contribution in [0.1, 0.15) is 39.0 Å². The van der Waals surface area contributed by atoms with Crippen LogP contribution < -0.4 is 5.73 Å². The van der Waals surface area contributed by atoms with Gasteiger partial charge in [-0.1, -0.05) is 19.8 Å². The highest BCUT2D eigenvalue weighted by atomic mass is 16.4. The van der Waals surface area contributed by atoms with E-state index in [1.165, 1.54) is 0 Å². The molecule has 1 rings (SSSR count). The van der Waals surface area contributed by atoms with E-state index in [2.05, 4.69) is 0 Å². The summed E-state index contributed by atoms with van der Waals surface area (Å²) in [4.78, 5) is 10.9. The van der Waals surface area contributed by atoms with Crippen molar-refractivity contribution in [2.75, 3.05) is 0 Å². The number of hydrogen-bond donors (Lipinski definition) is 2. The van der Waals surface area contributed by atoms with Crippen LogP contribution in [0.2, 0.25) is 0 Å². The van der Waals surface area contributed by atoms with Gasteiger partial charge in [0.15, 0.2) is 0 Å². The Morgan fingerprint density at radius 1 is 1.54 bits per heavy atom. The van der Waals surface area contributed by atoms with Crippen LogP contribution in [-0.2, 0) is 4.79 Å². The molecule has 0 aromatic rings. The van der Waals surface area contributed by atoms with Crippen molar-refractivity contribution in [3.63, 3.8) is 0 Å². The van der Waals surface area contributed by atoms with E-state index in [1.807, 2.05) is 6.92 Å². The Morgan fingerprint density at radius 2 is 2.15 bits per heavy atom. The van der Waals surface area contributed by atoms with Gasteiger partial charge in [0, 0.05) is 6.04 Å². The monoisotopic (exact) mass is 185 g/mol. The van der Waals surface area contributed by atoms with Gasteiger partial charge in [-0.2, -0.15) is 0 Å². The molecule has 0 bridgehead atoms. The highest BCUT2D eigenvalue weighted by molar-refractivity contribution is 5.70. The summed E-state index contributed by atoms with van der Waals surface area (Å²) in [5, 5.41) is 9.00. The van der Waals surface area contributed by atoms with Crippen molar-refractivity contribution >= 4 is 5.97 Å². The summed E-state index contributed by atoms with van der Waals surface area (Å²) >= 11 is 0. The summed E-state index contributed by atoms with van der Waals surface area (Å²) in [5.74, 6) is -0.645. The predicted octanol–water partition coefficient (Wildman–Crippen LogP) is 1.61. The van der Waals surface area contributed by atoms with Crippen molar-refractivity contribution in [1.82, 2.24) is 0 Å². The van der Waals surface area contributed by atoms with Crippen LogP contribution in [-0.4, -0.2) is 17.1 Å². The standard InChI is InChI=1S/C10H19NO2/c1-2-9(11)7-5-3-4-6-8(7)10(12)13/h7-9H,2-6,11H2,1H3,(H,12,13)/t7-,8-,9+/m1/s1. The van der Waals surface area contributed by atoms with E-state index in [0.717, 1.165) is 32.1 Å². The molecule has 3 heteroatoms. The van der Waals surface area contributed by atoms with Crippen molar-refractivity contribution in [2.45, 2.75) is 45.1 Å². The molecule has 0 amide bonds. The van der Waals surface area contributed by atoms with Crippen molar-refractivity contribution in [3.8, 4) is 0 Å². The molecule has 3 atom stereocenters. The van der Waals surface area contributed by atoms with E-state index < -0.39 is 5.97 Å². The molecule has 0 spiro atoms. The van der Waals surface area contributed by atoms with Gasteiger partial charge in [0.1, 0.15) is 0 Å². The third-order valence-electron chi connectivity index (χ3n) is 3.16. The zero-order chi connectivity index (χ0) is 9.84. The number of carboxylic acids is 1. The Hall–Kier alpha value is -0.570. The van der Waals surface area contributed by atoms with Crippen molar-refractivity contribution in [3.05, 3.63) is 0 Å². The van der Waals surface area contributed by atoms with E-state index >= 15 is 0 Å². The minimum atomic E-state index is -0.659. The number of rotatable bonds is 3. The van der Waals surface area contributed by atoms with Crippen LogP contribution in [0, 0.1) is 11.8 Å². The molecule has 1 fully saturated rings. The molecule has 76 valence electrons. The highest BCUT2D eigenvalue weighted by Crippen LogP contribution is 2.32. The average Bonchev–Trinajstić information content (AvgIpc) is 2.16. The second-order valence-corrected chi connectivity index (χ2v) is 3.97. The molecular weight excluding hydrogens is 166 g/mol. The van der Waals surface area contributed by atoms with Gasteiger partial charge < -0.3 is 10.8 Å². The Morgan fingerprint density at radius 3 is 2.69 bits per heavy atom. The summed E-state index contributed by atoms with van der Waals surface area (Å²) in [6.07, 6.45) is 4.88. The number of carboxylic acid groups (broad SMARTS) is 1. The molecular formula is C10H19NO2. The first-order chi connectivity index (χ1) is 6.16. The van der Waals surface area contributed by atoms with Gasteiger partial charge >= 0.3 is 5.97 Å². The highest BCUT2D eigenvalue weighted by Gasteiger charge is 2.33. The van der Waals surface area contributed by atoms with Gasteiger partial charge in [-0.15, -0.1) is 0 Å². The van der Waals surface area contributed by atoms with E-state index in [4.69, 9.17) is 10.8 Å². The number of aliphatic carboxylic acids is 1. The van der Waals surface area contributed by atoms with Gasteiger partial charge in [-0.3, -0.25) is 4.79 Å². The van der Waals surface area contributed by atoms with E-state index in [0.29, 0.717) is 0 Å². The third kappa shape index (κ3) is 2.44. The molecule has 0 saturated heterocycles. The maximum absolute atomic E-state index is 10.9. The number of hydrogen-bond acceptors (Lipinski definition) is 2. The smallest absolute Gasteiger partial charge is 0.306 e. The second-order valence-electron chi connectivity index (χ2n) is 3.97. The fourth-order valence-corrected chi connectivity index (χ4v) is 2.28. The quantitative estimate of drug-likeness (QED) is 0.702. The van der Waals surface area contributed by atoms with Crippen LogP contribution in [0.15, 0.2) is 0 Å². The fraction of sp³-hybridized carbons (Fsp3) is 0.900.